The van der Waals surface area contributed by atoms with Crippen LogP contribution in [0.3, 0.4) is 0 Å². The summed E-state index contributed by atoms with van der Waals surface area (Å²) in [5.74, 6) is 1.09. The van der Waals surface area contributed by atoms with Crippen LogP contribution in [0.15, 0.2) is 36.0 Å². The molecule has 0 amide bonds. The topological polar surface area (TPSA) is 42.7 Å². The molecule has 5 heteroatoms. The third-order valence-corrected chi connectivity index (χ3v) is 4.30. The maximum Gasteiger partial charge on any atom is 0.111 e. The molecule has 3 rings (SSSR count). The Kier molecular flexibility index (Phi) is 3.31. The van der Waals surface area contributed by atoms with Crippen LogP contribution in [0.4, 0.5) is 0 Å². The molecule has 0 radical (unpaired) electrons. The fourth-order valence-electron chi connectivity index (χ4n) is 2.30. The molecule has 0 bridgehead atoms. The van der Waals surface area contributed by atoms with Gasteiger partial charge in [-0.3, -0.25) is 4.98 Å². The second kappa shape index (κ2) is 5.11. The van der Waals surface area contributed by atoms with Crippen molar-refractivity contribution in [2.45, 2.75) is 12.5 Å². The summed E-state index contributed by atoms with van der Waals surface area (Å²) in [4.78, 5) is 10.1. The van der Waals surface area contributed by atoms with E-state index < -0.39 is 0 Å². The van der Waals surface area contributed by atoms with Crippen molar-refractivity contribution in [1.82, 2.24) is 19.9 Å². The minimum atomic E-state index is 0.267. The van der Waals surface area contributed by atoms with Gasteiger partial charge in [-0.05, 0) is 19.2 Å². The average Bonchev–Trinajstić information content (AvgIpc) is 3.06. The maximum atomic E-state index is 4.72. The highest BCUT2D eigenvalue weighted by Crippen LogP contribution is 2.23. The lowest BCUT2D eigenvalue weighted by molar-refractivity contribution is 0.573. The first-order valence-corrected chi connectivity index (χ1v) is 7.13. The molecule has 2 heterocycles. The van der Waals surface area contributed by atoms with Gasteiger partial charge in [0.1, 0.15) is 5.82 Å². The van der Waals surface area contributed by atoms with Gasteiger partial charge in [-0.2, -0.15) is 0 Å². The molecule has 0 saturated heterocycles. The van der Waals surface area contributed by atoms with Crippen molar-refractivity contribution in [3.63, 3.8) is 0 Å². The Morgan fingerprint density at radius 3 is 2.89 bits per heavy atom. The molecule has 0 fully saturated rings. The normalized spacial score (nSPS) is 12.9. The van der Waals surface area contributed by atoms with E-state index in [1.807, 2.05) is 30.9 Å². The van der Waals surface area contributed by atoms with Gasteiger partial charge in [0.2, 0.25) is 0 Å². The van der Waals surface area contributed by atoms with Gasteiger partial charge in [-0.25, -0.2) is 4.98 Å². The zero-order valence-electron chi connectivity index (χ0n) is 11.0. The van der Waals surface area contributed by atoms with E-state index in [1.165, 1.54) is 10.4 Å². The van der Waals surface area contributed by atoms with E-state index in [0.29, 0.717) is 0 Å². The number of benzene rings is 1. The third kappa shape index (κ3) is 2.27. The maximum absolute atomic E-state index is 4.72. The minimum absolute atomic E-state index is 0.267. The Morgan fingerprint density at radius 1 is 1.37 bits per heavy atom. The number of likely N-dealkylation sites (N-methyl/N-ethyl adjacent to an activating group) is 1. The molecule has 1 unspecified atom stereocenters. The standard InChI is InChI=1S/C14H16N4S/c1-15-11(13-8-16-9-19-13)7-14-17-10-5-3-4-6-12(10)18(14)2/h3-6,8-9,11,15H,7H2,1-2H3. The molecule has 19 heavy (non-hydrogen) atoms. The van der Waals surface area contributed by atoms with E-state index in [0.717, 1.165) is 17.8 Å². The first-order valence-electron chi connectivity index (χ1n) is 6.25. The van der Waals surface area contributed by atoms with E-state index in [9.17, 15) is 0 Å². The lowest BCUT2D eigenvalue weighted by atomic mass is 10.2. The van der Waals surface area contributed by atoms with Crippen LogP contribution in [-0.2, 0) is 13.5 Å². The number of fused-ring (bicyclic) bond motifs is 1. The van der Waals surface area contributed by atoms with Crippen molar-refractivity contribution in [3.05, 3.63) is 46.7 Å². The van der Waals surface area contributed by atoms with Crippen molar-refractivity contribution in [2.75, 3.05) is 7.05 Å². The van der Waals surface area contributed by atoms with Crippen LogP contribution in [0, 0.1) is 0 Å². The van der Waals surface area contributed by atoms with Gasteiger partial charge in [0, 0.05) is 30.6 Å². The Balaban J connectivity index is 1.94. The highest BCUT2D eigenvalue weighted by molar-refractivity contribution is 7.09. The molecule has 1 N–H and O–H groups in total. The molecule has 1 atom stereocenters. The predicted octanol–water partition coefficient (Wildman–Crippen LogP) is 2.53. The number of thiazole rings is 1. The molecule has 0 saturated carbocycles. The van der Waals surface area contributed by atoms with Crippen LogP contribution in [0.25, 0.3) is 11.0 Å². The number of para-hydroxylation sites is 2. The third-order valence-electron chi connectivity index (χ3n) is 3.41. The highest BCUT2D eigenvalue weighted by atomic mass is 32.1. The number of nitrogens with zero attached hydrogens (tertiary/aromatic N) is 3. The Labute approximate surface area is 116 Å². The largest absolute Gasteiger partial charge is 0.331 e. The molecule has 0 aliphatic rings. The number of hydrogen-bond donors (Lipinski definition) is 1. The Bertz CT molecular complexity index is 672. The molecule has 0 spiro atoms. The molecule has 1 aromatic carbocycles. The van der Waals surface area contributed by atoms with Crippen LogP contribution in [-0.4, -0.2) is 21.6 Å². The van der Waals surface area contributed by atoms with Gasteiger partial charge >= 0.3 is 0 Å². The van der Waals surface area contributed by atoms with Crippen molar-refractivity contribution in [3.8, 4) is 0 Å². The van der Waals surface area contributed by atoms with E-state index in [4.69, 9.17) is 4.98 Å². The van der Waals surface area contributed by atoms with Gasteiger partial charge < -0.3 is 9.88 Å². The summed E-state index contributed by atoms with van der Waals surface area (Å²) in [5, 5.41) is 3.34. The van der Waals surface area contributed by atoms with Gasteiger partial charge in [-0.1, -0.05) is 12.1 Å². The average molecular weight is 272 g/mol. The first-order chi connectivity index (χ1) is 9.29. The smallest absolute Gasteiger partial charge is 0.111 e. The van der Waals surface area contributed by atoms with Gasteiger partial charge in [0.25, 0.3) is 0 Å². The van der Waals surface area contributed by atoms with Crippen molar-refractivity contribution < 1.29 is 0 Å². The molecule has 3 aromatic rings. The summed E-state index contributed by atoms with van der Waals surface area (Å²) in [6.45, 7) is 0. The van der Waals surface area contributed by atoms with E-state index in [-0.39, 0.29) is 6.04 Å². The lowest BCUT2D eigenvalue weighted by Crippen LogP contribution is -2.19. The van der Waals surface area contributed by atoms with Gasteiger partial charge in [0.15, 0.2) is 0 Å². The summed E-state index contributed by atoms with van der Waals surface area (Å²) in [7, 11) is 4.05. The molecule has 2 aromatic heterocycles. The van der Waals surface area contributed by atoms with E-state index in [1.54, 1.807) is 11.3 Å². The zero-order chi connectivity index (χ0) is 13.2. The number of aryl methyl sites for hydroxylation is 1. The summed E-state index contributed by atoms with van der Waals surface area (Å²) in [6, 6.07) is 8.50. The van der Waals surface area contributed by atoms with Crippen LogP contribution >= 0.6 is 11.3 Å². The van der Waals surface area contributed by atoms with E-state index in [2.05, 4.69) is 34.0 Å². The van der Waals surface area contributed by atoms with Gasteiger partial charge in [0.05, 0.1) is 16.5 Å². The number of nitrogens with one attached hydrogen (secondary N) is 1. The van der Waals surface area contributed by atoms with Crippen LogP contribution < -0.4 is 5.32 Å². The molecular formula is C14H16N4S. The number of imidazole rings is 1. The second-order valence-electron chi connectivity index (χ2n) is 4.52. The Morgan fingerprint density at radius 2 is 2.21 bits per heavy atom. The molecule has 0 aliphatic heterocycles. The fraction of sp³-hybridized carbons (Fsp3) is 0.286. The van der Waals surface area contributed by atoms with E-state index >= 15 is 0 Å². The lowest BCUT2D eigenvalue weighted by Gasteiger charge is -2.13. The fourth-order valence-corrected chi connectivity index (χ4v) is 3.03. The molecule has 0 aliphatic carbocycles. The van der Waals surface area contributed by atoms with Crippen LogP contribution in [0.1, 0.15) is 16.7 Å². The summed E-state index contributed by atoms with van der Waals surface area (Å²) < 4.78 is 2.17. The number of aromatic nitrogens is 3. The van der Waals surface area contributed by atoms with Crippen LogP contribution in [0.5, 0.6) is 0 Å². The van der Waals surface area contributed by atoms with Gasteiger partial charge in [-0.15, -0.1) is 11.3 Å². The Hall–Kier alpha value is -1.72. The minimum Gasteiger partial charge on any atom is -0.331 e. The van der Waals surface area contributed by atoms with Crippen molar-refractivity contribution in [2.24, 2.45) is 7.05 Å². The SMILES string of the molecule is CNC(Cc1nc2ccccc2n1C)c1cncs1. The summed E-state index contributed by atoms with van der Waals surface area (Å²) >= 11 is 1.68. The second-order valence-corrected chi connectivity index (χ2v) is 5.44. The number of hydrogen-bond acceptors (Lipinski definition) is 4. The van der Waals surface area contributed by atoms with Crippen molar-refractivity contribution >= 4 is 22.4 Å². The first kappa shape index (κ1) is 12.3. The number of rotatable bonds is 4. The molecule has 98 valence electrons. The summed E-state index contributed by atoms with van der Waals surface area (Å²) in [5.41, 5.74) is 4.10. The predicted molar refractivity (Wildman–Crippen MR) is 78.3 cm³/mol. The molecular weight excluding hydrogens is 256 g/mol. The van der Waals surface area contributed by atoms with Crippen LogP contribution in [0.2, 0.25) is 0 Å². The molecule has 4 nitrogen and oxygen atoms in total. The van der Waals surface area contributed by atoms with Crippen molar-refractivity contribution in [1.29, 1.82) is 0 Å². The zero-order valence-corrected chi connectivity index (χ0v) is 11.8. The monoisotopic (exact) mass is 272 g/mol. The highest BCUT2D eigenvalue weighted by Gasteiger charge is 2.16. The summed E-state index contributed by atoms with van der Waals surface area (Å²) in [6.07, 6.45) is 2.79. The quantitative estimate of drug-likeness (QED) is 0.793.